The van der Waals surface area contributed by atoms with Crippen LogP contribution in [0.15, 0.2) is 40.0 Å². The van der Waals surface area contributed by atoms with Gasteiger partial charge in [-0.15, -0.1) is 0 Å². The maximum absolute atomic E-state index is 10.5. The van der Waals surface area contributed by atoms with E-state index in [0.717, 1.165) is 0 Å². The maximum atomic E-state index is 10.5. The van der Waals surface area contributed by atoms with Crippen LogP contribution in [0.3, 0.4) is 0 Å². The van der Waals surface area contributed by atoms with Gasteiger partial charge < -0.3 is 4.52 Å². The highest BCUT2D eigenvalue weighted by molar-refractivity contribution is 5.60. The molecule has 1 aromatic heterocycles. The van der Waals surface area contributed by atoms with Crippen LogP contribution in [0.4, 0.5) is 5.69 Å². The van der Waals surface area contributed by atoms with E-state index in [1.807, 2.05) is 0 Å². The molecule has 0 aliphatic rings. The summed E-state index contributed by atoms with van der Waals surface area (Å²) in [6.45, 7) is 0.0798. The van der Waals surface area contributed by atoms with Gasteiger partial charge in [0.1, 0.15) is 11.5 Å². The summed E-state index contributed by atoms with van der Waals surface area (Å²) in [4.78, 5) is 12.6. The second-order valence-corrected chi connectivity index (χ2v) is 3.37. The van der Waals surface area contributed by atoms with Gasteiger partial charge in [-0.1, -0.05) is 10.3 Å². The smallest absolute Gasteiger partial charge is 0.269 e. The number of nitrogens with zero attached hydrogens (tertiary/aromatic N) is 5. The van der Waals surface area contributed by atoms with Crippen LogP contribution in [0.1, 0.15) is 5.76 Å². The molecular formula is C10H7N5O3. The molecule has 0 aliphatic carbocycles. The van der Waals surface area contributed by atoms with Crippen molar-refractivity contribution in [2.24, 2.45) is 5.11 Å². The first kappa shape index (κ1) is 11.6. The van der Waals surface area contributed by atoms with Gasteiger partial charge in [-0.3, -0.25) is 10.1 Å². The first-order chi connectivity index (χ1) is 8.70. The summed E-state index contributed by atoms with van der Waals surface area (Å²) in [5.41, 5.74) is 9.40. The number of non-ortho nitro benzene ring substituents is 1. The number of hydrogen-bond acceptors (Lipinski definition) is 5. The number of rotatable bonds is 4. The third-order valence-electron chi connectivity index (χ3n) is 2.22. The van der Waals surface area contributed by atoms with Crippen molar-refractivity contribution in [3.63, 3.8) is 0 Å². The van der Waals surface area contributed by atoms with Crippen molar-refractivity contribution in [2.75, 3.05) is 0 Å². The largest absolute Gasteiger partial charge is 0.361 e. The van der Waals surface area contributed by atoms with E-state index in [2.05, 4.69) is 15.2 Å². The minimum atomic E-state index is -0.473. The molecule has 90 valence electrons. The first-order valence-electron chi connectivity index (χ1n) is 4.92. The Bertz CT molecular complexity index is 613. The van der Waals surface area contributed by atoms with Crippen LogP contribution >= 0.6 is 0 Å². The molecule has 0 spiro atoms. The van der Waals surface area contributed by atoms with Crippen LogP contribution in [0.2, 0.25) is 0 Å². The minimum absolute atomic E-state index is 0.0107. The second kappa shape index (κ2) is 4.98. The molecule has 1 heterocycles. The fraction of sp³-hybridized carbons (Fsp3) is 0.100. The summed E-state index contributed by atoms with van der Waals surface area (Å²) in [5.74, 6) is 0.432. The van der Waals surface area contributed by atoms with Crippen molar-refractivity contribution in [1.29, 1.82) is 0 Å². The molecule has 0 saturated carbocycles. The van der Waals surface area contributed by atoms with Crippen molar-refractivity contribution in [3.05, 3.63) is 56.6 Å². The average molecular weight is 245 g/mol. The molecule has 8 nitrogen and oxygen atoms in total. The molecular weight excluding hydrogens is 238 g/mol. The van der Waals surface area contributed by atoms with E-state index in [-0.39, 0.29) is 12.2 Å². The molecule has 0 amide bonds. The highest BCUT2D eigenvalue weighted by Crippen LogP contribution is 2.22. The summed E-state index contributed by atoms with van der Waals surface area (Å²) in [5, 5.41) is 17.6. The summed E-state index contributed by atoms with van der Waals surface area (Å²) < 4.78 is 4.95. The van der Waals surface area contributed by atoms with E-state index in [0.29, 0.717) is 17.0 Å². The fourth-order valence-electron chi connectivity index (χ4n) is 1.38. The average Bonchev–Trinajstić information content (AvgIpc) is 2.85. The Morgan fingerprint density at radius 1 is 1.44 bits per heavy atom. The lowest BCUT2D eigenvalue weighted by molar-refractivity contribution is -0.384. The van der Waals surface area contributed by atoms with Crippen LogP contribution in [-0.2, 0) is 6.54 Å². The predicted octanol–water partition coefficient (Wildman–Crippen LogP) is 3.06. The van der Waals surface area contributed by atoms with Gasteiger partial charge in [0, 0.05) is 28.7 Å². The SMILES string of the molecule is [N-]=[N+]=NCc1cc(-c2ccc([N+](=O)[O-])cc2)no1. The zero-order valence-electron chi connectivity index (χ0n) is 9.05. The Morgan fingerprint density at radius 2 is 2.17 bits per heavy atom. The lowest BCUT2D eigenvalue weighted by Gasteiger charge is -1.94. The van der Waals surface area contributed by atoms with Gasteiger partial charge in [0.25, 0.3) is 5.69 Å². The number of azide groups is 1. The monoisotopic (exact) mass is 245 g/mol. The molecule has 0 N–H and O–H groups in total. The standard InChI is InChI=1S/C10H7N5O3/c11-14-12-6-9-5-10(13-18-9)7-1-3-8(4-2-7)15(16)17/h1-5H,6H2. The van der Waals surface area contributed by atoms with Gasteiger partial charge in [-0.05, 0) is 17.7 Å². The summed E-state index contributed by atoms with van der Waals surface area (Å²) in [6.07, 6.45) is 0. The highest BCUT2D eigenvalue weighted by Gasteiger charge is 2.08. The van der Waals surface area contributed by atoms with E-state index in [1.165, 1.54) is 12.1 Å². The van der Waals surface area contributed by atoms with E-state index in [4.69, 9.17) is 10.1 Å². The Labute approximate surface area is 101 Å². The van der Waals surface area contributed by atoms with Crippen LogP contribution in [-0.4, -0.2) is 10.1 Å². The molecule has 0 radical (unpaired) electrons. The van der Waals surface area contributed by atoms with Crippen molar-refractivity contribution in [2.45, 2.75) is 6.54 Å². The molecule has 18 heavy (non-hydrogen) atoms. The summed E-state index contributed by atoms with van der Waals surface area (Å²) in [6, 6.07) is 7.55. The zero-order valence-corrected chi connectivity index (χ0v) is 9.05. The topological polar surface area (TPSA) is 118 Å². The Balaban J connectivity index is 2.23. The molecule has 0 aliphatic heterocycles. The highest BCUT2D eigenvalue weighted by atomic mass is 16.6. The predicted molar refractivity (Wildman–Crippen MR) is 61.4 cm³/mol. The molecule has 2 rings (SSSR count). The molecule has 1 aromatic carbocycles. The third-order valence-corrected chi connectivity index (χ3v) is 2.22. The number of nitro groups is 1. The van der Waals surface area contributed by atoms with Gasteiger partial charge in [0.2, 0.25) is 0 Å². The third kappa shape index (κ3) is 2.45. The van der Waals surface area contributed by atoms with E-state index >= 15 is 0 Å². The van der Waals surface area contributed by atoms with Crippen LogP contribution in [0, 0.1) is 10.1 Å². The van der Waals surface area contributed by atoms with Crippen LogP contribution in [0.25, 0.3) is 21.7 Å². The van der Waals surface area contributed by atoms with Crippen LogP contribution < -0.4 is 0 Å². The van der Waals surface area contributed by atoms with Crippen molar-refractivity contribution in [3.8, 4) is 11.3 Å². The number of aromatic nitrogens is 1. The Hall–Kier alpha value is -2.86. The number of hydrogen-bond donors (Lipinski definition) is 0. The molecule has 8 heteroatoms. The fourth-order valence-corrected chi connectivity index (χ4v) is 1.38. The quantitative estimate of drug-likeness (QED) is 0.270. The zero-order chi connectivity index (χ0) is 13.0. The first-order valence-corrected chi connectivity index (χ1v) is 4.92. The Kier molecular flexibility index (Phi) is 3.22. The van der Waals surface area contributed by atoms with Crippen molar-refractivity contribution >= 4 is 5.69 Å². The molecule has 0 fully saturated rings. The van der Waals surface area contributed by atoms with Gasteiger partial charge in [-0.25, -0.2) is 0 Å². The summed E-state index contributed by atoms with van der Waals surface area (Å²) >= 11 is 0. The Morgan fingerprint density at radius 3 is 2.78 bits per heavy atom. The minimum Gasteiger partial charge on any atom is -0.361 e. The van der Waals surface area contributed by atoms with Crippen molar-refractivity contribution < 1.29 is 9.45 Å². The van der Waals surface area contributed by atoms with Crippen molar-refractivity contribution in [1.82, 2.24) is 5.16 Å². The normalized spacial score (nSPS) is 9.78. The van der Waals surface area contributed by atoms with Crippen LogP contribution in [0.5, 0.6) is 0 Å². The molecule has 2 aromatic rings. The lowest BCUT2D eigenvalue weighted by Crippen LogP contribution is -1.87. The number of nitro benzene ring substituents is 1. The van der Waals surface area contributed by atoms with E-state index < -0.39 is 4.92 Å². The molecule has 0 atom stereocenters. The van der Waals surface area contributed by atoms with Gasteiger partial charge in [0.05, 0.1) is 11.5 Å². The number of benzene rings is 1. The van der Waals surface area contributed by atoms with Gasteiger partial charge in [0.15, 0.2) is 0 Å². The summed E-state index contributed by atoms with van der Waals surface area (Å²) in [7, 11) is 0. The van der Waals surface area contributed by atoms with E-state index in [9.17, 15) is 10.1 Å². The van der Waals surface area contributed by atoms with Gasteiger partial charge >= 0.3 is 0 Å². The molecule has 0 saturated heterocycles. The maximum Gasteiger partial charge on any atom is 0.269 e. The van der Waals surface area contributed by atoms with E-state index in [1.54, 1.807) is 18.2 Å². The lowest BCUT2D eigenvalue weighted by atomic mass is 10.1. The molecule has 0 bridgehead atoms. The second-order valence-electron chi connectivity index (χ2n) is 3.37. The molecule has 0 unspecified atom stereocenters. The van der Waals surface area contributed by atoms with Gasteiger partial charge in [-0.2, -0.15) is 0 Å².